The topological polar surface area (TPSA) is 68.5 Å². The molecule has 6 nitrogen and oxygen atoms in total. The Kier molecular flexibility index (Phi) is 5.87. The van der Waals surface area contributed by atoms with Crippen LogP contribution < -0.4 is 0 Å². The summed E-state index contributed by atoms with van der Waals surface area (Å²) in [6.45, 7) is 7.30. The molecule has 1 unspecified atom stereocenters. The van der Waals surface area contributed by atoms with Crippen LogP contribution in [-0.4, -0.2) is 47.3 Å². The Balaban J connectivity index is 1.48. The number of carbonyl (C=O) groups is 1. The van der Waals surface area contributed by atoms with E-state index in [1.807, 2.05) is 18.7 Å². The van der Waals surface area contributed by atoms with Crippen LogP contribution in [0.2, 0.25) is 0 Å². The van der Waals surface area contributed by atoms with Crippen LogP contribution in [0.4, 0.5) is 0 Å². The molecule has 24 heavy (non-hydrogen) atoms. The quantitative estimate of drug-likeness (QED) is 0.827. The van der Waals surface area contributed by atoms with E-state index in [-0.39, 0.29) is 11.8 Å². The minimum absolute atomic E-state index is 0.0861. The molecule has 0 aliphatic carbocycles. The first-order chi connectivity index (χ1) is 11.6. The minimum Gasteiger partial charge on any atom is -0.381 e. The fourth-order valence-corrected chi connectivity index (χ4v) is 3.68. The molecule has 2 aliphatic heterocycles. The monoisotopic (exact) mass is 335 g/mol. The van der Waals surface area contributed by atoms with Crippen molar-refractivity contribution in [2.24, 2.45) is 11.8 Å². The average Bonchev–Trinajstić information content (AvgIpc) is 3.09. The van der Waals surface area contributed by atoms with E-state index in [2.05, 4.69) is 10.1 Å². The van der Waals surface area contributed by atoms with Crippen molar-refractivity contribution < 1.29 is 14.1 Å². The molecule has 0 aromatic carbocycles. The fourth-order valence-electron chi connectivity index (χ4n) is 3.68. The largest absolute Gasteiger partial charge is 0.381 e. The highest BCUT2D eigenvalue weighted by atomic mass is 16.5. The molecule has 0 spiro atoms. The number of aryl methyl sites for hydroxylation is 1. The number of ether oxygens (including phenoxy) is 1. The smallest absolute Gasteiger partial charge is 0.229 e. The number of piperidine rings is 1. The van der Waals surface area contributed by atoms with Crippen LogP contribution >= 0.6 is 0 Å². The third-order valence-electron chi connectivity index (χ3n) is 5.16. The molecule has 0 N–H and O–H groups in total. The summed E-state index contributed by atoms with van der Waals surface area (Å²) < 4.78 is 10.8. The van der Waals surface area contributed by atoms with Gasteiger partial charge in [-0.3, -0.25) is 4.79 Å². The van der Waals surface area contributed by atoms with E-state index in [4.69, 9.17) is 9.26 Å². The molecule has 0 bridgehead atoms. The summed E-state index contributed by atoms with van der Waals surface area (Å²) in [5.41, 5.74) is 0. The third kappa shape index (κ3) is 4.35. The summed E-state index contributed by atoms with van der Waals surface area (Å²) in [6.07, 6.45) is 6.08. The average molecular weight is 335 g/mol. The van der Waals surface area contributed by atoms with Gasteiger partial charge in [-0.1, -0.05) is 19.0 Å². The van der Waals surface area contributed by atoms with Crippen LogP contribution in [0.15, 0.2) is 4.52 Å². The van der Waals surface area contributed by atoms with Crippen molar-refractivity contribution in [3.63, 3.8) is 0 Å². The van der Waals surface area contributed by atoms with E-state index in [9.17, 15) is 4.79 Å². The van der Waals surface area contributed by atoms with Crippen molar-refractivity contribution in [3.8, 4) is 0 Å². The Hall–Kier alpha value is -1.43. The summed E-state index contributed by atoms with van der Waals surface area (Å²) in [4.78, 5) is 18.8. The van der Waals surface area contributed by atoms with E-state index in [1.54, 1.807) is 0 Å². The van der Waals surface area contributed by atoms with Gasteiger partial charge in [0.15, 0.2) is 5.82 Å². The Morgan fingerprint density at radius 2 is 2.08 bits per heavy atom. The molecule has 1 atom stereocenters. The van der Waals surface area contributed by atoms with E-state index >= 15 is 0 Å². The molecule has 2 aliphatic rings. The maximum Gasteiger partial charge on any atom is 0.229 e. The number of likely N-dealkylation sites (tertiary alicyclic amines) is 1. The molecule has 2 saturated heterocycles. The third-order valence-corrected chi connectivity index (χ3v) is 5.16. The van der Waals surface area contributed by atoms with Gasteiger partial charge in [0.2, 0.25) is 11.8 Å². The van der Waals surface area contributed by atoms with Crippen molar-refractivity contribution >= 4 is 5.91 Å². The SMILES string of the molecule is CC(C)C(=O)N1CCCC(CCc2noc(C3CCOCC3)n2)C1. The molecule has 6 heteroatoms. The second-order valence-corrected chi connectivity index (χ2v) is 7.42. The molecule has 1 amide bonds. The van der Waals surface area contributed by atoms with Gasteiger partial charge in [-0.2, -0.15) is 4.98 Å². The van der Waals surface area contributed by atoms with Crippen molar-refractivity contribution in [2.45, 2.75) is 58.3 Å². The molecule has 1 aromatic heterocycles. The van der Waals surface area contributed by atoms with Crippen LogP contribution in [0.1, 0.15) is 63.6 Å². The van der Waals surface area contributed by atoms with Crippen LogP contribution in [-0.2, 0) is 16.0 Å². The van der Waals surface area contributed by atoms with E-state index < -0.39 is 0 Å². The second kappa shape index (κ2) is 8.10. The fraction of sp³-hybridized carbons (Fsp3) is 0.833. The number of amides is 1. The number of carbonyl (C=O) groups excluding carboxylic acids is 1. The highest BCUT2D eigenvalue weighted by Crippen LogP contribution is 2.26. The van der Waals surface area contributed by atoms with Gasteiger partial charge in [-0.05, 0) is 38.0 Å². The van der Waals surface area contributed by atoms with Crippen molar-refractivity contribution in [1.29, 1.82) is 0 Å². The molecule has 3 rings (SSSR count). The van der Waals surface area contributed by atoms with Crippen LogP contribution in [0.3, 0.4) is 0 Å². The highest BCUT2D eigenvalue weighted by Gasteiger charge is 2.26. The standard InChI is InChI=1S/C18H29N3O3/c1-13(2)18(22)21-9-3-4-14(12-21)5-6-16-19-17(24-20-16)15-7-10-23-11-8-15/h13-15H,3-12H2,1-2H3. The Morgan fingerprint density at radius 1 is 1.29 bits per heavy atom. The Bertz CT molecular complexity index is 537. The summed E-state index contributed by atoms with van der Waals surface area (Å²) >= 11 is 0. The summed E-state index contributed by atoms with van der Waals surface area (Å²) in [6, 6.07) is 0. The molecule has 1 aromatic rings. The first-order valence-electron chi connectivity index (χ1n) is 9.32. The van der Waals surface area contributed by atoms with Crippen LogP contribution in [0, 0.1) is 11.8 Å². The Morgan fingerprint density at radius 3 is 2.83 bits per heavy atom. The van der Waals surface area contributed by atoms with Gasteiger partial charge in [-0.15, -0.1) is 0 Å². The lowest BCUT2D eigenvalue weighted by atomic mass is 9.92. The maximum atomic E-state index is 12.2. The van der Waals surface area contributed by atoms with Crippen molar-refractivity contribution in [3.05, 3.63) is 11.7 Å². The predicted octanol–water partition coefficient (Wildman–Crippen LogP) is 2.79. The van der Waals surface area contributed by atoms with Gasteiger partial charge < -0.3 is 14.2 Å². The van der Waals surface area contributed by atoms with Crippen molar-refractivity contribution in [1.82, 2.24) is 15.0 Å². The first kappa shape index (κ1) is 17.4. The minimum atomic E-state index is 0.0861. The number of nitrogens with zero attached hydrogens (tertiary/aromatic N) is 3. The van der Waals surface area contributed by atoms with Crippen molar-refractivity contribution in [2.75, 3.05) is 26.3 Å². The summed E-state index contributed by atoms with van der Waals surface area (Å²) in [5.74, 6) is 2.85. The number of hydrogen-bond acceptors (Lipinski definition) is 5. The highest BCUT2D eigenvalue weighted by molar-refractivity contribution is 5.78. The molecule has 134 valence electrons. The van der Waals surface area contributed by atoms with Gasteiger partial charge in [0.1, 0.15) is 0 Å². The number of aromatic nitrogens is 2. The van der Waals surface area contributed by atoms with E-state index in [0.717, 1.165) is 70.1 Å². The zero-order chi connectivity index (χ0) is 16.9. The molecule has 0 radical (unpaired) electrons. The van der Waals surface area contributed by atoms with Gasteiger partial charge in [-0.25, -0.2) is 0 Å². The molecular weight excluding hydrogens is 306 g/mol. The predicted molar refractivity (Wildman–Crippen MR) is 89.6 cm³/mol. The van der Waals surface area contributed by atoms with Crippen LogP contribution in [0.25, 0.3) is 0 Å². The number of rotatable bonds is 5. The zero-order valence-electron chi connectivity index (χ0n) is 14.9. The zero-order valence-corrected chi connectivity index (χ0v) is 14.9. The Labute approximate surface area is 143 Å². The van der Waals surface area contributed by atoms with Gasteiger partial charge in [0.25, 0.3) is 0 Å². The summed E-state index contributed by atoms with van der Waals surface area (Å²) in [7, 11) is 0. The molecule has 3 heterocycles. The lowest BCUT2D eigenvalue weighted by Gasteiger charge is -2.33. The first-order valence-corrected chi connectivity index (χ1v) is 9.32. The van der Waals surface area contributed by atoms with Gasteiger partial charge in [0.05, 0.1) is 0 Å². The summed E-state index contributed by atoms with van der Waals surface area (Å²) in [5, 5.41) is 4.15. The molecule has 0 saturated carbocycles. The lowest BCUT2D eigenvalue weighted by molar-refractivity contribution is -0.136. The second-order valence-electron chi connectivity index (χ2n) is 7.42. The normalized spacial score (nSPS) is 23.0. The van der Waals surface area contributed by atoms with Gasteiger partial charge >= 0.3 is 0 Å². The lowest BCUT2D eigenvalue weighted by Crippen LogP contribution is -2.42. The molecular formula is C18H29N3O3. The van der Waals surface area contributed by atoms with E-state index in [0.29, 0.717) is 11.8 Å². The van der Waals surface area contributed by atoms with Crippen LogP contribution in [0.5, 0.6) is 0 Å². The van der Waals surface area contributed by atoms with Gasteiger partial charge in [0, 0.05) is 44.6 Å². The molecule has 2 fully saturated rings. The van der Waals surface area contributed by atoms with E-state index in [1.165, 1.54) is 6.42 Å². The number of hydrogen-bond donors (Lipinski definition) is 0. The maximum absolute atomic E-state index is 12.2.